The first-order valence-electron chi connectivity index (χ1n) is 11.8. The number of hydrogen-bond donors (Lipinski definition) is 2. The van der Waals surface area contributed by atoms with Crippen LogP contribution in [0.1, 0.15) is 50.4 Å². The first-order chi connectivity index (χ1) is 17.2. The molecule has 2 N–H and O–H groups in total. The molecule has 1 atom stereocenters. The topological polar surface area (TPSA) is 91.6 Å². The summed E-state index contributed by atoms with van der Waals surface area (Å²) in [7, 11) is 3.54. The van der Waals surface area contributed by atoms with Crippen molar-refractivity contribution < 1.29 is 14.7 Å². The third kappa shape index (κ3) is 3.82. The Hall–Kier alpha value is -4.39. The van der Waals surface area contributed by atoms with Gasteiger partial charge in [-0.1, -0.05) is 24.3 Å². The van der Waals surface area contributed by atoms with Crippen molar-refractivity contribution in [3.05, 3.63) is 98.8 Å². The number of pyridine rings is 1. The van der Waals surface area contributed by atoms with Crippen molar-refractivity contribution in [3.8, 4) is 11.3 Å². The number of carboxylic acids is 1. The number of anilines is 1. The van der Waals surface area contributed by atoms with Crippen LogP contribution in [0.3, 0.4) is 0 Å². The molecule has 7 heteroatoms. The summed E-state index contributed by atoms with van der Waals surface area (Å²) in [6.45, 7) is 4.45. The van der Waals surface area contributed by atoms with E-state index in [1.807, 2.05) is 50.2 Å². The average Bonchev–Trinajstić information content (AvgIpc) is 3.14. The molecule has 4 aromatic rings. The van der Waals surface area contributed by atoms with E-state index in [-0.39, 0.29) is 23.1 Å². The monoisotopic (exact) mass is 481 g/mol. The third-order valence-corrected chi connectivity index (χ3v) is 6.92. The molecule has 3 aromatic carbocycles. The van der Waals surface area contributed by atoms with Gasteiger partial charge in [-0.05, 0) is 77.9 Å². The van der Waals surface area contributed by atoms with E-state index in [1.54, 1.807) is 47.8 Å². The zero-order valence-electron chi connectivity index (χ0n) is 20.6. The zero-order chi connectivity index (χ0) is 25.7. The number of hydrogen-bond acceptors (Lipinski definition) is 4. The largest absolute Gasteiger partial charge is 0.478 e. The van der Waals surface area contributed by atoms with Crippen LogP contribution in [0.25, 0.3) is 22.0 Å². The molecule has 1 aromatic heterocycles. The molecule has 0 saturated carbocycles. The Kier molecular flexibility index (Phi) is 5.63. The van der Waals surface area contributed by atoms with Crippen molar-refractivity contribution >= 4 is 28.3 Å². The number of aryl methyl sites for hydroxylation is 1. The van der Waals surface area contributed by atoms with Gasteiger partial charge in [0, 0.05) is 43.3 Å². The molecule has 1 aliphatic rings. The van der Waals surface area contributed by atoms with Crippen molar-refractivity contribution in [2.45, 2.75) is 26.4 Å². The number of benzene rings is 3. The second-order valence-electron chi connectivity index (χ2n) is 9.46. The minimum absolute atomic E-state index is 0.00301. The second kappa shape index (κ2) is 8.68. The quantitative estimate of drug-likeness (QED) is 0.420. The van der Waals surface area contributed by atoms with Crippen LogP contribution < -0.4 is 10.9 Å². The van der Waals surface area contributed by atoms with Gasteiger partial charge in [-0.3, -0.25) is 9.59 Å². The molecular formula is C29H27N3O4. The molecule has 0 radical (unpaired) electrons. The molecule has 7 nitrogen and oxygen atoms in total. The fourth-order valence-electron chi connectivity index (χ4n) is 5.05. The van der Waals surface area contributed by atoms with Gasteiger partial charge in [0.2, 0.25) is 0 Å². The van der Waals surface area contributed by atoms with Gasteiger partial charge in [0.05, 0.1) is 11.3 Å². The number of aromatic carboxylic acids is 1. The van der Waals surface area contributed by atoms with Crippen LogP contribution in [-0.2, 0) is 13.6 Å². The molecule has 0 spiro atoms. The number of carboxylic acid groups (broad SMARTS) is 1. The zero-order valence-corrected chi connectivity index (χ0v) is 20.6. The highest BCUT2D eigenvalue weighted by atomic mass is 16.4. The summed E-state index contributed by atoms with van der Waals surface area (Å²) in [6.07, 6.45) is 0. The van der Waals surface area contributed by atoms with E-state index >= 15 is 0 Å². The van der Waals surface area contributed by atoms with Gasteiger partial charge in [0.1, 0.15) is 0 Å². The molecule has 1 aliphatic heterocycles. The van der Waals surface area contributed by atoms with Crippen molar-refractivity contribution in [1.82, 2.24) is 9.47 Å². The molecule has 0 fully saturated rings. The molecule has 5 rings (SSSR count). The van der Waals surface area contributed by atoms with E-state index in [0.717, 1.165) is 33.3 Å². The lowest BCUT2D eigenvalue weighted by atomic mass is 9.95. The highest BCUT2D eigenvalue weighted by Crippen LogP contribution is 2.33. The molecule has 182 valence electrons. The molecule has 0 bridgehead atoms. The smallest absolute Gasteiger partial charge is 0.337 e. The summed E-state index contributed by atoms with van der Waals surface area (Å²) in [5.41, 5.74) is 5.69. The maximum absolute atomic E-state index is 13.5. The number of carbonyl (C=O) groups excluding carboxylic acids is 1. The normalized spacial score (nSPS) is 13.7. The summed E-state index contributed by atoms with van der Waals surface area (Å²) in [4.78, 5) is 39.2. The Morgan fingerprint density at radius 1 is 1.00 bits per heavy atom. The molecule has 1 unspecified atom stereocenters. The van der Waals surface area contributed by atoms with E-state index in [9.17, 15) is 19.5 Å². The molecule has 2 heterocycles. The lowest BCUT2D eigenvalue weighted by Gasteiger charge is -2.21. The number of para-hydroxylation sites is 1. The SMILES string of the molecule is Cc1cc(C(C)Nc2ccccc2C(=O)O)c2cc(-c3ccc4c(c3)CN(C)C4=O)n(C)c(=O)c2c1. The lowest BCUT2D eigenvalue weighted by molar-refractivity contribution is 0.0697. The van der Waals surface area contributed by atoms with E-state index in [1.165, 1.54) is 0 Å². The van der Waals surface area contributed by atoms with Gasteiger partial charge >= 0.3 is 5.97 Å². The van der Waals surface area contributed by atoms with Crippen LogP contribution in [-0.4, -0.2) is 33.5 Å². The Bertz CT molecular complexity index is 1620. The molecule has 0 aliphatic carbocycles. The number of amides is 1. The molecule has 36 heavy (non-hydrogen) atoms. The van der Waals surface area contributed by atoms with Crippen molar-refractivity contribution in [2.75, 3.05) is 12.4 Å². The number of aromatic nitrogens is 1. The highest BCUT2D eigenvalue weighted by molar-refractivity contribution is 5.99. The summed E-state index contributed by atoms with van der Waals surface area (Å²) >= 11 is 0. The molecule has 1 amide bonds. The number of rotatable bonds is 5. The summed E-state index contributed by atoms with van der Waals surface area (Å²) in [6, 6.07) is 18.1. The number of fused-ring (bicyclic) bond motifs is 2. The number of carbonyl (C=O) groups is 2. The number of nitrogens with zero attached hydrogens (tertiary/aromatic N) is 2. The van der Waals surface area contributed by atoms with Gasteiger partial charge < -0.3 is 19.9 Å². The van der Waals surface area contributed by atoms with Crippen LogP contribution in [0.15, 0.2) is 65.5 Å². The first-order valence-corrected chi connectivity index (χ1v) is 11.8. The molecule has 0 saturated heterocycles. The van der Waals surface area contributed by atoms with Gasteiger partial charge in [0.15, 0.2) is 0 Å². The van der Waals surface area contributed by atoms with Crippen LogP contribution in [0.2, 0.25) is 0 Å². The standard InChI is InChI=1S/C29H27N3O4/c1-16-11-22(17(2)30-25-8-6-5-7-21(25)29(35)36)23-14-26(32(4)28(34)24(23)12-16)18-9-10-20-19(13-18)15-31(3)27(20)33/h5-14,17,30H,15H2,1-4H3,(H,35,36). The Morgan fingerprint density at radius 2 is 1.75 bits per heavy atom. The summed E-state index contributed by atoms with van der Waals surface area (Å²) < 4.78 is 1.64. The average molecular weight is 482 g/mol. The van der Waals surface area contributed by atoms with Crippen molar-refractivity contribution in [2.24, 2.45) is 7.05 Å². The van der Waals surface area contributed by atoms with Crippen LogP contribution in [0.4, 0.5) is 5.69 Å². The third-order valence-electron chi connectivity index (χ3n) is 6.92. The van der Waals surface area contributed by atoms with E-state index in [2.05, 4.69) is 5.32 Å². The van der Waals surface area contributed by atoms with E-state index in [4.69, 9.17) is 0 Å². The maximum atomic E-state index is 13.5. The Labute approximate surface area is 208 Å². The fourth-order valence-corrected chi connectivity index (χ4v) is 5.05. The fraction of sp³-hybridized carbons (Fsp3) is 0.207. The second-order valence-corrected chi connectivity index (χ2v) is 9.46. The highest BCUT2D eigenvalue weighted by Gasteiger charge is 2.25. The van der Waals surface area contributed by atoms with Gasteiger partial charge in [-0.2, -0.15) is 0 Å². The Morgan fingerprint density at radius 3 is 2.50 bits per heavy atom. The predicted molar refractivity (Wildman–Crippen MR) is 141 cm³/mol. The maximum Gasteiger partial charge on any atom is 0.337 e. The first kappa shape index (κ1) is 23.4. The van der Waals surface area contributed by atoms with E-state index in [0.29, 0.717) is 23.2 Å². The summed E-state index contributed by atoms with van der Waals surface area (Å²) in [5.74, 6) is -1.00. The van der Waals surface area contributed by atoms with Crippen LogP contribution in [0.5, 0.6) is 0 Å². The van der Waals surface area contributed by atoms with Crippen LogP contribution in [0, 0.1) is 6.92 Å². The van der Waals surface area contributed by atoms with Crippen LogP contribution >= 0.6 is 0 Å². The van der Waals surface area contributed by atoms with Gasteiger partial charge in [-0.25, -0.2) is 4.79 Å². The van der Waals surface area contributed by atoms with Gasteiger partial charge in [0.25, 0.3) is 11.5 Å². The lowest BCUT2D eigenvalue weighted by Crippen LogP contribution is -2.20. The number of nitrogens with one attached hydrogen (secondary N) is 1. The predicted octanol–water partition coefficient (Wildman–Crippen LogP) is 4.97. The summed E-state index contributed by atoms with van der Waals surface area (Å²) in [5, 5.41) is 14.3. The van der Waals surface area contributed by atoms with Crippen molar-refractivity contribution in [1.29, 1.82) is 0 Å². The minimum Gasteiger partial charge on any atom is -0.478 e. The van der Waals surface area contributed by atoms with Gasteiger partial charge in [-0.15, -0.1) is 0 Å². The Balaban J connectivity index is 1.65. The van der Waals surface area contributed by atoms with Crippen molar-refractivity contribution in [3.63, 3.8) is 0 Å². The molecular weight excluding hydrogens is 454 g/mol. The minimum atomic E-state index is -1.00. The van der Waals surface area contributed by atoms with E-state index < -0.39 is 5.97 Å².